The van der Waals surface area contributed by atoms with Crippen LogP contribution in [-0.4, -0.2) is 0 Å². The SMILES string of the molecule is c1ccc(-c2cc(-c3ccc(Nc4cccc5ccccc45)cc3)cc3ccccc23)cc1. The van der Waals surface area contributed by atoms with E-state index in [-0.39, 0.29) is 0 Å². The van der Waals surface area contributed by atoms with Gasteiger partial charge in [0.05, 0.1) is 0 Å². The Morgan fingerprint density at radius 1 is 0.394 bits per heavy atom. The lowest BCUT2D eigenvalue weighted by molar-refractivity contribution is 1.56. The quantitative estimate of drug-likeness (QED) is 0.299. The van der Waals surface area contributed by atoms with E-state index in [0.29, 0.717) is 0 Å². The molecule has 0 amide bonds. The highest BCUT2D eigenvalue weighted by molar-refractivity contribution is 6.00. The molecule has 0 aliphatic heterocycles. The van der Waals surface area contributed by atoms with Crippen molar-refractivity contribution in [2.45, 2.75) is 0 Å². The summed E-state index contributed by atoms with van der Waals surface area (Å²) < 4.78 is 0. The molecule has 0 saturated heterocycles. The first-order valence-corrected chi connectivity index (χ1v) is 11.3. The van der Waals surface area contributed by atoms with Crippen LogP contribution in [-0.2, 0) is 0 Å². The Labute approximate surface area is 194 Å². The molecular formula is C32H23N. The third-order valence-corrected chi connectivity index (χ3v) is 6.23. The molecule has 156 valence electrons. The van der Waals surface area contributed by atoms with Crippen molar-refractivity contribution in [1.82, 2.24) is 0 Å². The molecule has 6 aromatic carbocycles. The molecule has 0 aliphatic rings. The largest absolute Gasteiger partial charge is 0.355 e. The standard InChI is InChI=1S/C32H23N/c1-2-9-25(10-3-1)31-22-27(21-26-12-5-6-14-29(26)31)23-17-19-28(20-18-23)33-32-16-8-13-24-11-4-7-15-30(24)32/h1-22,33H. The van der Waals surface area contributed by atoms with E-state index in [4.69, 9.17) is 0 Å². The molecule has 0 aromatic heterocycles. The molecule has 33 heavy (non-hydrogen) atoms. The Hall–Kier alpha value is -4.36. The van der Waals surface area contributed by atoms with Gasteiger partial charge in [0.2, 0.25) is 0 Å². The van der Waals surface area contributed by atoms with Gasteiger partial charge in [-0.1, -0.05) is 103 Å². The fraction of sp³-hybridized carbons (Fsp3) is 0. The summed E-state index contributed by atoms with van der Waals surface area (Å²) in [7, 11) is 0. The van der Waals surface area contributed by atoms with Crippen LogP contribution in [0.5, 0.6) is 0 Å². The lowest BCUT2D eigenvalue weighted by Gasteiger charge is -2.13. The lowest BCUT2D eigenvalue weighted by Crippen LogP contribution is -1.91. The molecule has 0 saturated carbocycles. The van der Waals surface area contributed by atoms with Crippen molar-refractivity contribution in [3.63, 3.8) is 0 Å². The van der Waals surface area contributed by atoms with Crippen LogP contribution in [0.3, 0.4) is 0 Å². The molecule has 1 nitrogen and oxygen atoms in total. The maximum atomic E-state index is 3.59. The van der Waals surface area contributed by atoms with Gasteiger partial charge in [0.1, 0.15) is 0 Å². The second-order valence-electron chi connectivity index (χ2n) is 8.34. The van der Waals surface area contributed by atoms with Crippen molar-refractivity contribution in [2.24, 2.45) is 0 Å². The summed E-state index contributed by atoms with van der Waals surface area (Å²) in [6, 6.07) is 47.4. The third-order valence-electron chi connectivity index (χ3n) is 6.23. The zero-order valence-corrected chi connectivity index (χ0v) is 18.2. The zero-order valence-electron chi connectivity index (χ0n) is 18.2. The van der Waals surface area contributed by atoms with Crippen molar-refractivity contribution in [1.29, 1.82) is 0 Å². The highest BCUT2D eigenvalue weighted by Crippen LogP contribution is 2.35. The van der Waals surface area contributed by atoms with E-state index in [1.54, 1.807) is 0 Å². The zero-order chi connectivity index (χ0) is 22.0. The number of fused-ring (bicyclic) bond motifs is 2. The number of hydrogen-bond donors (Lipinski definition) is 1. The van der Waals surface area contributed by atoms with E-state index in [9.17, 15) is 0 Å². The predicted octanol–water partition coefficient (Wildman–Crippen LogP) is 9.07. The maximum absolute atomic E-state index is 3.59. The number of rotatable bonds is 4. The van der Waals surface area contributed by atoms with Crippen molar-refractivity contribution in [2.75, 3.05) is 5.32 Å². The first-order valence-electron chi connectivity index (χ1n) is 11.3. The Kier molecular flexibility index (Phi) is 4.86. The minimum Gasteiger partial charge on any atom is -0.355 e. The summed E-state index contributed by atoms with van der Waals surface area (Å²) in [5.41, 5.74) is 7.15. The van der Waals surface area contributed by atoms with Gasteiger partial charge in [0.15, 0.2) is 0 Å². The second kappa shape index (κ2) is 8.29. The molecule has 1 N–H and O–H groups in total. The number of nitrogens with one attached hydrogen (secondary N) is 1. The van der Waals surface area contributed by atoms with Crippen molar-refractivity contribution in [3.8, 4) is 22.3 Å². The predicted molar refractivity (Wildman–Crippen MR) is 142 cm³/mol. The van der Waals surface area contributed by atoms with Gasteiger partial charge in [-0.3, -0.25) is 0 Å². The number of anilines is 2. The summed E-state index contributed by atoms with van der Waals surface area (Å²) in [5.74, 6) is 0. The van der Waals surface area contributed by atoms with E-state index < -0.39 is 0 Å². The Morgan fingerprint density at radius 3 is 1.88 bits per heavy atom. The minimum atomic E-state index is 1.08. The molecule has 0 spiro atoms. The topological polar surface area (TPSA) is 12.0 Å². The second-order valence-corrected chi connectivity index (χ2v) is 8.34. The maximum Gasteiger partial charge on any atom is 0.0463 e. The van der Waals surface area contributed by atoms with Gasteiger partial charge in [-0.15, -0.1) is 0 Å². The van der Waals surface area contributed by atoms with E-state index >= 15 is 0 Å². The Bertz CT molecular complexity index is 1560. The summed E-state index contributed by atoms with van der Waals surface area (Å²) in [4.78, 5) is 0. The van der Waals surface area contributed by atoms with Crippen LogP contribution in [0.2, 0.25) is 0 Å². The van der Waals surface area contributed by atoms with Gasteiger partial charge in [-0.25, -0.2) is 0 Å². The van der Waals surface area contributed by atoms with Crippen molar-refractivity contribution >= 4 is 32.9 Å². The van der Waals surface area contributed by atoms with Gasteiger partial charge in [-0.05, 0) is 68.7 Å². The van der Waals surface area contributed by atoms with Crippen LogP contribution in [0.4, 0.5) is 11.4 Å². The van der Waals surface area contributed by atoms with E-state index in [1.165, 1.54) is 43.8 Å². The molecule has 1 heteroatoms. The van der Waals surface area contributed by atoms with Gasteiger partial charge >= 0.3 is 0 Å². The monoisotopic (exact) mass is 421 g/mol. The summed E-state index contributed by atoms with van der Waals surface area (Å²) >= 11 is 0. The van der Waals surface area contributed by atoms with Crippen molar-refractivity contribution < 1.29 is 0 Å². The lowest BCUT2D eigenvalue weighted by atomic mass is 9.93. The first kappa shape index (κ1) is 19.3. The van der Waals surface area contributed by atoms with Crippen LogP contribution < -0.4 is 5.32 Å². The van der Waals surface area contributed by atoms with Gasteiger partial charge in [0, 0.05) is 16.8 Å². The highest BCUT2D eigenvalue weighted by atomic mass is 14.9. The molecule has 0 fully saturated rings. The van der Waals surface area contributed by atoms with Crippen LogP contribution in [0.15, 0.2) is 133 Å². The van der Waals surface area contributed by atoms with E-state index in [1.807, 2.05) is 0 Å². The molecule has 0 atom stereocenters. The molecular weight excluding hydrogens is 398 g/mol. The van der Waals surface area contributed by atoms with E-state index in [2.05, 4.69) is 139 Å². The van der Waals surface area contributed by atoms with E-state index in [0.717, 1.165) is 11.4 Å². The highest BCUT2D eigenvalue weighted by Gasteiger charge is 2.08. The van der Waals surface area contributed by atoms with Crippen LogP contribution in [0.1, 0.15) is 0 Å². The van der Waals surface area contributed by atoms with Crippen molar-refractivity contribution in [3.05, 3.63) is 133 Å². The van der Waals surface area contributed by atoms with Crippen LogP contribution >= 0.6 is 0 Å². The summed E-state index contributed by atoms with van der Waals surface area (Å²) in [6.45, 7) is 0. The average molecular weight is 422 g/mol. The molecule has 6 rings (SSSR count). The van der Waals surface area contributed by atoms with Gasteiger partial charge in [0.25, 0.3) is 0 Å². The Balaban J connectivity index is 1.38. The third kappa shape index (κ3) is 3.75. The molecule has 0 aliphatic carbocycles. The molecule has 0 radical (unpaired) electrons. The number of benzene rings is 6. The molecule has 0 bridgehead atoms. The molecule has 0 unspecified atom stereocenters. The van der Waals surface area contributed by atoms with Crippen LogP contribution in [0, 0.1) is 0 Å². The smallest absolute Gasteiger partial charge is 0.0463 e. The van der Waals surface area contributed by atoms with Gasteiger partial charge in [-0.2, -0.15) is 0 Å². The summed E-state index contributed by atoms with van der Waals surface area (Å²) in [6.07, 6.45) is 0. The van der Waals surface area contributed by atoms with Crippen LogP contribution in [0.25, 0.3) is 43.8 Å². The average Bonchev–Trinajstić information content (AvgIpc) is 2.89. The molecule has 6 aromatic rings. The Morgan fingerprint density at radius 2 is 1.06 bits per heavy atom. The molecule has 0 heterocycles. The van der Waals surface area contributed by atoms with Gasteiger partial charge < -0.3 is 5.32 Å². The minimum absolute atomic E-state index is 1.08. The first-order chi connectivity index (χ1) is 16.3. The summed E-state index contributed by atoms with van der Waals surface area (Å²) in [5, 5.41) is 8.60. The fourth-order valence-corrected chi connectivity index (χ4v) is 4.57. The number of hydrogen-bond acceptors (Lipinski definition) is 1. The normalized spacial score (nSPS) is 11.0. The fourth-order valence-electron chi connectivity index (χ4n) is 4.57.